The maximum absolute atomic E-state index is 13.5. The molecule has 0 aromatic heterocycles. The molecular weight excluding hydrogens is 524 g/mol. The Morgan fingerprint density at radius 3 is 2.37 bits per heavy atom. The van der Waals surface area contributed by atoms with Crippen LogP contribution in [0.25, 0.3) is 0 Å². The summed E-state index contributed by atoms with van der Waals surface area (Å²) in [5.74, 6) is 0.125. The quantitative estimate of drug-likeness (QED) is 0.491. The molecule has 10 nitrogen and oxygen atoms in total. The first-order valence-electron chi connectivity index (χ1n) is 14.5. The Hall–Kier alpha value is -4.08. The van der Waals surface area contributed by atoms with Crippen molar-refractivity contribution in [2.24, 2.45) is 5.92 Å². The smallest absolute Gasteiger partial charge is 0.409 e. The van der Waals surface area contributed by atoms with E-state index >= 15 is 0 Å². The topological polar surface area (TPSA) is 108 Å². The van der Waals surface area contributed by atoms with Crippen molar-refractivity contribution < 1.29 is 28.7 Å². The van der Waals surface area contributed by atoms with Gasteiger partial charge in [0.2, 0.25) is 5.91 Å². The number of hydrogen-bond donors (Lipinski definition) is 1. The molecule has 218 valence electrons. The van der Waals surface area contributed by atoms with Gasteiger partial charge in [0.05, 0.1) is 30.5 Å². The maximum Gasteiger partial charge on any atom is 0.409 e. The highest BCUT2D eigenvalue weighted by Crippen LogP contribution is 2.34. The molecular formula is C31H38N4O6. The van der Waals surface area contributed by atoms with Crippen molar-refractivity contribution in [3.8, 4) is 5.75 Å². The maximum atomic E-state index is 13.5. The third-order valence-electron chi connectivity index (χ3n) is 8.35. The van der Waals surface area contributed by atoms with Crippen molar-refractivity contribution in [2.45, 2.75) is 45.1 Å². The van der Waals surface area contributed by atoms with Crippen molar-refractivity contribution >= 4 is 29.5 Å². The lowest BCUT2D eigenvalue weighted by molar-refractivity contribution is -0.126. The molecule has 0 aliphatic carbocycles. The van der Waals surface area contributed by atoms with Crippen LogP contribution in [0.2, 0.25) is 0 Å². The molecule has 0 bridgehead atoms. The van der Waals surface area contributed by atoms with Gasteiger partial charge >= 0.3 is 6.09 Å². The molecule has 3 heterocycles. The van der Waals surface area contributed by atoms with E-state index in [9.17, 15) is 19.2 Å². The number of rotatable bonds is 8. The number of carbonyl (C=O) groups excluding carboxylic acids is 4. The van der Waals surface area contributed by atoms with Crippen molar-refractivity contribution in [3.05, 3.63) is 59.2 Å². The summed E-state index contributed by atoms with van der Waals surface area (Å²) < 4.78 is 10.5. The van der Waals surface area contributed by atoms with Gasteiger partial charge in [-0.2, -0.15) is 0 Å². The van der Waals surface area contributed by atoms with Crippen LogP contribution in [0.5, 0.6) is 5.75 Å². The Labute approximate surface area is 240 Å². The summed E-state index contributed by atoms with van der Waals surface area (Å²) in [6.45, 7) is 4.81. The minimum absolute atomic E-state index is 0.0475. The number of fused-ring (bicyclic) bond motifs is 1. The molecule has 41 heavy (non-hydrogen) atoms. The number of anilines is 1. The van der Waals surface area contributed by atoms with Gasteiger partial charge in [-0.1, -0.05) is 24.3 Å². The lowest BCUT2D eigenvalue weighted by atomic mass is 9.93. The number of nitrogens with zero attached hydrogens (tertiary/aromatic N) is 3. The van der Waals surface area contributed by atoms with Gasteiger partial charge in [-0.15, -0.1) is 0 Å². The molecule has 0 unspecified atom stereocenters. The summed E-state index contributed by atoms with van der Waals surface area (Å²) in [5, 5.41) is 3.18. The molecule has 0 spiro atoms. The Bertz CT molecular complexity index is 1300. The number of imide groups is 1. The molecule has 5 rings (SSSR count). The monoisotopic (exact) mass is 562 g/mol. The van der Waals surface area contributed by atoms with E-state index in [0.29, 0.717) is 76.0 Å². The van der Waals surface area contributed by atoms with Gasteiger partial charge in [0.25, 0.3) is 11.8 Å². The standard InChI is InChI=1S/C31H38N4O6/c1-3-41-31(39)34-18-14-23(15-19-34)32-28(36)22-11-16-33(17-12-22)25-9-6-8-24-27(25)30(38)35(29(24)37)20-13-21-7-4-5-10-26(21)40-2/h4-10,22-23H,3,11-20H2,1-2H3,(H,32,36). The van der Waals surface area contributed by atoms with E-state index in [1.54, 1.807) is 25.0 Å². The highest BCUT2D eigenvalue weighted by atomic mass is 16.6. The molecule has 4 amide bonds. The van der Waals surface area contributed by atoms with Crippen LogP contribution >= 0.6 is 0 Å². The molecule has 0 saturated carbocycles. The first kappa shape index (κ1) is 28.4. The lowest BCUT2D eigenvalue weighted by Gasteiger charge is -2.36. The predicted octanol–water partition coefficient (Wildman–Crippen LogP) is 3.49. The second-order valence-electron chi connectivity index (χ2n) is 10.8. The van der Waals surface area contributed by atoms with Gasteiger partial charge < -0.3 is 24.6 Å². The molecule has 3 aliphatic rings. The number of ether oxygens (including phenoxy) is 2. The van der Waals surface area contributed by atoms with Gasteiger partial charge in [-0.3, -0.25) is 19.3 Å². The summed E-state index contributed by atoms with van der Waals surface area (Å²) in [6.07, 6.45) is 2.96. The van der Waals surface area contributed by atoms with Crippen molar-refractivity contribution in [2.75, 3.05) is 51.3 Å². The summed E-state index contributed by atoms with van der Waals surface area (Å²) in [6, 6.07) is 13.1. The number of likely N-dealkylation sites (tertiary alicyclic amines) is 1. The van der Waals surface area contributed by atoms with Crippen LogP contribution in [-0.2, 0) is 16.0 Å². The second kappa shape index (κ2) is 12.6. The number of para-hydroxylation sites is 1. The van der Waals surface area contributed by atoms with Gasteiger partial charge in [-0.25, -0.2) is 4.79 Å². The van der Waals surface area contributed by atoms with Gasteiger partial charge in [0.1, 0.15) is 5.75 Å². The predicted molar refractivity (Wildman–Crippen MR) is 153 cm³/mol. The number of amides is 4. The van der Waals surface area contributed by atoms with Crippen molar-refractivity contribution in [3.63, 3.8) is 0 Å². The van der Waals surface area contributed by atoms with Crippen LogP contribution in [0.4, 0.5) is 10.5 Å². The molecule has 2 fully saturated rings. The summed E-state index contributed by atoms with van der Waals surface area (Å²) >= 11 is 0. The van der Waals surface area contributed by atoms with Crippen LogP contribution in [0, 0.1) is 5.92 Å². The van der Waals surface area contributed by atoms with E-state index in [1.165, 1.54) is 4.90 Å². The molecule has 0 atom stereocenters. The molecule has 10 heteroatoms. The van der Waals surface area contributed by atoms with E-state index < -0.39 is 0 Å². The van der Waals surface area contributed by atoms with E-state index in [2.05, 4.69) is 10.2 Å². The number of hydrogen-bond acceptors (Lipinski definition) is 7. The van der Waals surface area contributed by atoms with Crippen molar-refractivity contribution in [1.29, 1.82) is 0 Å². The lowest BCUT2D eigenvalue weighted by Crippen LogP contribution is -2.49. The number of carbonyl (C=O) groups is 4. The number of benzene rings is 2. The van der Waals surface area contributed by atoms with Gasteiger partial charge in [0.15, 0.2) is 0 Å². The first-order valence-corrected chi connectivity index (χ1v) is 14.5. The fourth-order valence-electron chi connectivity index (χ4n) is 6.05. The van der Waals surface area contributed by atoms with E-state index in [0.717, 1.165) is 17.0 Å². The largest absolute Gasteiger partial charge is 0.496 e. The molecule has 2 aromatic carbocycles. The molecule has 2 aromatic rings. The number of piperidine rings is 2. The van der Waals surface area contributed by atoms with Crippen LogP contribution < -0.4 is 15.0 Å². The highest BCUT2D eigenvalue weighted by Gasteiger charge is 2.39. The zero-order valence-corrected chi connectivity index (χ0v) is 23.8. The third kappa shape index (κ3) is 6.01. The Kier molecular flexibility index (Phi) is 8.75. The normalized spacial score (nSPS) is 18.0. The zero-order chi connectivity index (χ0) is 28.9. The molecule has 0 radical (unpaired) electrons. The summed E-state index contributed by atoms with van der Waals surface area (Å²) in [5.41, 5.74) is 2.58. The average Bonchev–Trinajstić information content (AvgIpc) is 3.25. The van der Waals surface area contributed by atoms with E-state index in [4.69, 9.17) is 9.47 Å². The molecule has 3 aliphatic heterocycles. The summed E-state index contributed by atoms with van der Waals surface area (Å²) in [7, 11) is 1.61. The van der Waals surface area contributed by atoms with Crippen LogP contribution in [0.1, 0.15) is 58.9 Å². The average molecular weight is 563 g/mol. The van der Waals surface area contributed by atoms with Gasteiger partial charge in [0, 0.05) is 44.7 Å². The van der Waals surface area contributed by atoms with Crippen molar-refractivity contribution in [1.82, 2.24) is 15.1 Å². The minimum atomic E-state index is -0.295. The van der Waals surface area contributed by atoms with Crippen LogP contribution in [-0.4, -0.2) is 86.1 Å². The van der Waals surface area contributed by atoms with E-state index in [-0.39, 0.29) is 42.3 Å². The third-order valence-corrected chi connectivity index (χ3v) is 8.35. The Morgan fingerprint density at radius 2 is 1.66 bits per heavy atom. The van der Waals surface area contributed by atoms with Crippen LogP contribution in [0.3, 0.4) is 0 Å². The zero-order valence-electron chi connectivity index (χ0n) is 23.8. The minimum Gasteiger partial charge on any atom is -0.496 e. The Balaban J connectivity index is 1.16. The number of nitrogens with one attached hydrogen (secondary N) is 1. The summed E-state index contributed by atoms with van der Waals surface area (Å²) in [4.78, 5) is 56.8. The highest BCUT2D eigenvalue weighted by molar-refractivity contribution is 6.23. The van der Waals surface area contributed by atoms with E-state index in [1.807, 2.05) is 36.4 Å². The SMILES string of the molecule is CCOC(=O)N1CCC(NC(=O)C2CCN(c3cccc4c3C(=O)N(CCc3ccccc3OC)C4=O)CC2)CC1. The van der Waals surface area contributed by atoms with Crippen LogP contribution in [0.15, 0.2) is 42.5 Å². The molecule has 2 saturated heterocycles. The fraction of sp³-hybridized carbons (Fsp3) is 0.484. The second-order valence-corrected chi connectivity index (χ2v) is 10.8. The van der Waals surface area contributed by atoms with Gasteiger partial charge in [-0.05, 0) is 62.8 Å². The fourth-order valence-corrected chi connectivity index (χ4v) is 6.05. The first-order chi connectivity index (χ1) is 19.9. The Morgan fingerprint density at radius 1 is 0.927 bits per heavy atom. The molecule has 1 N–H and O–H groups in total. The number of methoxy groups -OCH3 is 1.